The van der Waals surface area contributed by atoms with Crippen LogP contribution in [0.25, 0.3) is 6.08 Å². The maximum Gasteiger partial charge on any atom is 0.243 e. The molecule has 0 spiro atoms. The van der Waals surface area contributed by atoms with Gasteiger partial charge < -0.3 is 14.4 Å². The summed E-state index contributed by atoms with van der Waals surface area (Å²) < 4.78 is 15.5. The molecule has 13 nitrogen and oxygen atoms in total. The summed E-state index contributed by atoms with van der Waals surface area (Å²) in [6.45, 7) is 2.31. The third-order valence-corrected chi connectivity index (χ3v) is 12.6. The van der Waals surface area contributed by atoms with Gasteiger partial charge in [-0.25, -0.2) is 9.36 Å². The topological polar surface area (TPSA) is 138 Å². The van der Waals surface area contributed by atoms with Crippen LogP contribution in [0.5, 0.6) is 11.5 Å². The Labute approximate surface area is 397 Å². The molecule has 5 aromatic rings. The summed E-state index contributed by atoms with van der Waals surface area (Å²) in [6, 6.07) is 24.1. The number of rotatable bonds is 22. The molecule has 346 valence electrons. The van der Waals surface area contributed by atoms with E-state index < -0.39 is 6.04 Å². The van der Waals surface area contributed by atoms with Gasteiger partial charge in [0.15, 0.2) is 11.6 Å². The first-order chi connectivity index (χ1) is 33.4. The number of benzene rings is 3. The van der Waals surface area contributed by atoms with E-state index in [9.17, 15) is 14.4 Å². The van der Waals surface area contributed by atoms with Crippen LogP contribution in [0, 0.1) is 0 Å². The number of amides is 1. The van der Waals surface area contributed by atoms with E-state index in [0.717, 1.165) is 55.2 Å². The fourth-order valence-corrected chi connectivity index (χ4v) is 9.03. The van der Waals surface area contributed by atoms with Gasteiger partial charge in [0.05, 0.1) is 30.5 Å². The zero-order chi connectivity index (χ0) is 46.5. The molecule has 0 bridgehead atoms. The predicted octanol–water partition coefficient (Wildman–Crippen LogP) is 8.91. The van der Waals surface area contributed by atoms with Crippen LogP contribution in [0.1, 0.15) is 82.6 Å². The van der Waals surface area contributed by atoms with Crippen molar-refractivity contribution in [1.82, 2.24) is 39.8 Å². The number of ether oxygens (including phenoxy) is 2. The Morgan fingerprint density at radius 3 is 1.69 bits per heavy atom. The zero-order valence-corrected chi connectivity index (χ0v) is 38.1. The van der Waals surface area contributed by atoms with Crippen LogP contribution < -0.4 is 9.47 Å². The second kappa shape index (κ2) is 22.3. The number of hydrogen-bond donors (Lipinski definition) is 0. The number of aromatic nitrogens is 6. The van der Waals surface area contributed by atoms with Gasteiger partial charge in [0, 0.05) is 42.7 Å². The van der Waals surface area contributed by atoms with Gasteiger partial charge in [0.2, 0.25) is 5.91 Å². The number of ketones is 2. The van der Waals surface area contributed by atoms with Gasteiger partial charge in [-0.2, -0.15) is 0 Å². The lowest BCUT2D eigenvalue weighted by atomic mass is 9.84. The third kappa shape index (κ3) is 11.9. The van der Waals surface area contributed by atoms with Crippen molar-refractivity contribution in [2.45, 2.75) is 89.3 Å². The van der Waals surface area contributed by atoms with Crippen LogP contribution in [0.4, 0.5) is 0 Å². The van der Waals surface area contributed by atoms with Gasteiger partial charge in [-0.15, -0.1) is 10.2 Å². The number of allylic oxidation sites excluding steroid dienone is 12. The molecule has 1 amide bonds. The third-order valence-electron chi connectivity index (χ3n) is 12.6. The second-order valence-electron chi connectivity index (χ2n) is 17.4. The minimum atomic E-state index is -0.442. The van der Waals surface area contributed by atoms with Crippen molar-refractivity contribution in [3.8, 4) is 11.5 Å². The fraction of sp³-hybridized carbons (Fsp3) is 0.291. The van der Waals surface area contributed by atoms with Crippen molar-refractivity contribution in [1.29, 1.82) is 0 Å². The zero-order valence-electron chi connectivity index (χ0n) is 38.1. The molecule has 13 heteroatoms. The predicted molar refractivity (Wildman–Crippen MR) is 261 cm³/mol. The number of carbonyl (C=O) groups is 3. The van der Waals surface area contributed by atoms with Crippen molar-refractivity contribution >= 4 is 23.5 Å². The van der Waals surface area contributed by atoms with E-state index in [0.29, 0.717) is 73.4 Å². The van der Waals surface area contributed by atoms with Gasteiger partial charge >= 0.3 is 0 Å². The Bertz CT molecular complexity index is 2610. The molecular formula is C55H56N8O5. The number of carbonyl (C=O) groups excluding carboxylic acids is 3. The molecule has 1 saturated heterocycles. The molecule has 2 aromatic heterocycles. The Kier molecular flexibility index (Phi) is 15.0. The fourth-order valence-electron chi connectivity index (χ4n) is 9.03. The lowest BCUT2D eigenvalue weighted by molar-refractivity contribution is -0.162. The molecular weight excluding hydrogens is 853 g/mol. The van der Waals surface area contributed by atoms with Crippen LogP contribution in [0.3, 0.4) is 0 Å². The van der Waals surface area contributed by atoms with Crippen molar-refractivity contribution in [3.63, 3.8) is 0 Å². The molecule has 4 aliphatic rings. The smallest absolute Gasteiger partial charge is 0.243 e. The summed E-state index contributed by atoms with van der Waals surface area (Å²) in [5.74, 6) is 1.29. The summed E-state index contributed by atoms with van der Waals surface area (Å²) in [4.78, 5) is 44.0. The highest BCUT2D eigenvalue weighted by atomic mass is 16.5. The first kappa shape index (κ1) is 45.6. The monoisotopic (exact) mass is 908 g/mol. The molecule has 68 heavy (non-hydrogen) atoms. The van der Waals surface area contributed by atoms with Crippen LogP contribution in [0.15, 0.2) is 169 Å². The molecule has 3 aliphatic carbocycles. The lowest BCUT2D eigenvalue weighted by Crippen LogP contribution is -2.72. The van der Waals surface area contributed by atoms with Gasteiger partial charge in [-0.1, -0.05) is 121 Å². The Balaban J connectivity index is 0.849. The van der Waals surface area contributed by atoms with Crippen molar-refractivity contribution in [2.75, 3.05) is 13.2 Å². The number of β-lactam (4-membered cyclic amide) rings is 1. The lowest BCUT2D eigenvalue weighted by Gasteiger charge is -2.54. The van der Waals surface area contributed by atoms with E-state index in [4.69, 9.17) is 9.47 Å². The van der Waals surface area contributed by atoms with E-state index in [2.05, 4.69) is 79.0 Å². The molecule has 1 saturated carbocycles. The van der Waals surface area contributed by atoms with Crippen molar-refractivity contribution in [2.24, 2.45) is 0 Å². The molecule has 3 heterocycles. The van der Waals surface area contributed by atoms with Crippen LogP contribution >= 0.6 is 0 Å². The minimum Gasteiger partial charge on any atom is -0.492 e. The molecule has 2 atom stereocenters. The van der Waals surface area contributed by atoms with E-state index in [1.165, 1.54) is 6.42 Å². The van der Waals surface area contributed by atoms with Gasteiger partial charge in [-0.05, 0) is 103 Å². The maximum absolute atomic E-state index is 14.4. The normalized spacial score (nSPS) is 18.3. The first-order valence-electron chi connectivity index (χ1n) is 23.6. The number of likely N-dealkylation sites (tertiary alicyclic amines) is 1. The van der Waals surface area contributed by atoms with E-state index in [1.54, 1.807) is 70.0 Å². The highest BCUT2D eigenvalue weighted by molar-refractivity contribution is 6.05. The highest BCUT2D eigenvalue weighted by Gasteiger charge is 2.52. The van der Waals surface area contributed by atoms with Crippen LogP contribution in [-0.2, 0) is 31.0 Å². The van der Waals surface area contributed by atoms with Crippen molar-refractivity contribution in [3.05, 3.63) is 197 Å². The maximum atomic E-state index is 14.4. The summed E-state index contributed by atoms with van der Waals surface area (Å²) in [7, 11) is 0. The largest absolute Gasteiger partial charge is 0.492 e. The van der Waals surface area contributed by atoms with Crippen LogP contribution in [0.2, 0.25) is 0 Å². The Hall–Kier alpha value is -7.51. The molecule has 9 rings (SSSR count). The van der Waals surface area contributed by atoms with Gasteiger partial charge in [0.25, 0.3) is 0 Å². The minimum absolute atomic E-state index is 0.0613. The first-order valence-corrected chi connectivity index (χ1v) is 23.6. The van der Waals surface area contributed by atoms with E-state index in [1.807, 2.05) is 54.9 Å². The van der Waals surface area contributed by atoms with E-state index >= 15 is 0 Å². The second-order valence-corrected chi connectivity index (χ2v) is 17.4. The quantitative estimate of drug-likeness (QED) is 0.0376. The molecule has 1 aliphatic heterocycles. The number of nitrogens with zero attached hydrogens (tertiary/aromatic N) is 8. The average molecular weight is 909 g/mol. The Morgan fingerprint density at radius 2 is 1.19 bits per heavy atom. The van der Waals surface area contributed by atoms with Gasteiger partial charge in [-0.3, -0.25) is 19.3 Å². The molecule has 3 aromatic carbocycles. The molecule has 0 N–H and O–H groups in total. The van der Waals surface area contributed by atoms with E-state index in [-0.39, 0.29) is 29.6 Å². The standard InChI is InChI=1S/C55H56N8O5/c64-52(31-20-42-13-7-8-14-42)44-22-26-49(27-23-44)67-35-33-61-39-46(56-58-61)37-60(54-51(30-19-41-11-3-1-4-12-41)63(55(54)66)48-17-5-2-6-18-48)38-47-40-62(59-57-47)34-36-68-50-28-24-45(25-29-50)53(65)32-21-43-15-9-10-16-43/h1,3-4,7,9,11-16,19-32,39-40,48,51,54H,2,5-6,8,10,17-18,33-38H2/b30-19+,31-20+,32-21+/t51-,54+/m1/s1. The van der Waals surface area contributed by atoms with Crippen LogP contribution in [-0.4, -0.2) is 88.6 Å². The summed E-state index contributed by atoms with van der Waals surface area (Å²) in [5, 5.41) is 17.9. The SMILES string of the molecule is O=C(/C=C/C1=CCC=C1)c1ccc(OCCn2cc(CN(Cc3cn(CCOc4ccc(C(=O)/C=C/C5=CCC=C5)cc4)nn3)[C@@H]3C(=O)N(C4CCCCC4)[C@@H]3/C=C/c3ccccc3)nn2)cc1. The highest BCUT2D eigenvalue weighted by Crippen LogP contribution is 2.36. The molecule has 2 fully saturated rings. The summed E-state index contributed by atoms with van der Waals surface area (Å²) >= 11 is 0. The summed E-state index contributed by atoms with van der Waals surface area (Å²) in [6.07, 6.45) is 34.5. The molecule has 0 unspecified atom stereocenters. The number of hydrogen-bond acceptors (Lipinski definition) is 10. The summed E-state index contributed by atoms with van der Waals surface area (Å²) in [5.41, 5.74) is 5.77. The van der Waals surface area contributed by atoms with Gasteiger partial charge in [0.1, 0.15) is 30.8 Å². The van der Waals surface area contributed by atoms with Crippen molar-refractivity contribution < 1.29 is 23.9 Å². The molecule has 0 radical (unpaired) electrons. The Morgan fingerprint density at radius 1 is 0.662 bits per heavy atom. The average Bonchev–Trinajstić information content (AvgIpc) is 4.23.